The monoisotopic (exact) mass is 412 g/mol. The second kappa shape index (κ2) is 6.00. The summed E-state index contributed by atoms with van der Waals surface area (Å²) in [7, 11) is 0. The number of carbonyl (C=O) groups is 3. The minimum Gasteiger partial charge on any atom is -0.461 e. The molecule has 10 nitrogen and oxygen atoms in total. The fraction of sp³-hybridized carbons (Fsp3) is 0.737. The zero-order chi connectivity index (χ0) is 21.4. The Morgan fingerprint density at radius 3 is 2.48 bits per heavy atom. The summed E-state index contributed by atoms with van der Waals surface area (Å²) in [5.74, 6) is -5.14. The van der Waals surface area contributed by atoms with E-state index in [1.807, 2.05) is 0 Å². The van der Waals surface area contributed by atoms with Gasteiger partial charge < -0.3 is 33.9 Å². The molecule has 3 fully saturated rings. The second-order valence-corrected chi connectivity index (χ2v) is 8.50. The van der Waals surface area contributed by atoms with Crippen LogP contribution < -0.4 is 0 Å². The summed E-state index contributed by atoms with van der Waals surface area (Å²) in [5, 5.41) is 21.7. The molecule has 0 aromatic rings. The van der Waals surface area contributed by atoms with Crippen LogP contribution in [-0.2, 0) is 38.1 Å². The molecule has 10 heteroatoms. The molecular weight excluding hydrogens is 388 g/mol. The van der Waals surface area contributed by atoms with Crippen molar-refractivity contribution >= 4 is 17.9 Å². The molecule has 160 valence electrons. The molecule has 1 aliphatic carbocycles. The van der Waals surface area contributed by atoms with E-state index < -0.39 is 59.5 Å². The van der Waals surface area contributed by atoms with Crippen LogP contribution in [0.2, 0.25) is 0 Å². The highest BCUT2D eigenvalue weighted by Gasteiger charge is 2.77. The Morgan fingerprint density at radius 1 is 1.17 bits per heavy atom. The quantitative estimate of drug-likeness (QED) is 0.364. The van der Waals surface area contributed by atoms with Crippen molar-refractivity contribution in [1.29, 1.82) is 0 Å². The van der Waals surface area contributed by atoms with Crippen LogP contribution in [0.25, 0.3) is 0 Å². The lowest BCUT2D eigenvalue weighted by Crippen LogP contribution is -2.43. The SMILES string of the molecule is CC(=O)OCC1=C2[C@@H](OC(C)=O)C[C@@]3(C)O[C@@]3(O)CC[C@@](C)(O)[C@H]3O[C@]23OC1=O. The van der Waals surface area contributed by atoms with Crippen LogP contribution in [0.5, 0.6) is 0 Å². The number of hydrogen-bond acceptors (Lipinski definition) is 10. The third kappa shape index (κ3) is 3.05. The van der Waals surface area contributed by atoms with Crippen molar-refractivity contribution in [3.8, 4) is 0 Å². The average Bonchev–Trinajstić information content (AvgIpc) is 3.38. The molecule has 6 atom stereocenters. The maximum Gasteiger partial charge on any atom is 0.340 e. The van der Waals surface area contributed by atoms with E-state index in [-0.39, 0.29) is 30.4 Å². The Bertz CT molecular complexity index is 831. The van der Waals surface area contributed by atoms with Gasteiger partial charge in [0, 0.05) is 26.7 Å². The molecule has 0 aromatic carbocycles. The summed E-state index contributed by atoms with van der Waals surface area (Å²) in [6, 6.07) is 0. The molecule has 0 bridgehead atoms. The Hall–Kier alpha value is -2.01. The second-order valence-electron chi connectivity index (χ2n) is 8.50. The molecule has 0 unspecified atom stereocenters. The van der Waals surface area contributed by atoms with Crippen molar-refractivity contribution < 1.29 is 48.3 Å². The van der Waals surface area contributed by atoms with E-state index in [2.05, 4.69) is 0 Å². The third-order valence-corrected chi connectivity index (χ3v) is 6.11. The molecular formula is C19H24O10. The number of aliphatic hydroxyl groups is 2. The predicted molar refractivity (Wildman–Crippen MR) is 91.8 cm³/mol. The normalized spacial score (nSPS) is 45.4. The number of ether oxygens (including phenoxy) is 5. The number of rotatable bonds is 3. The molecule has 0 radical (unpaired) electrons. The van der Waals surface area contributed by atoms with E-state index in [0.29, 0.717) is 0 Å². The van der Waals surface area contributed by atoms with Crippen LogP contribution in [0.1, 0.15) is 47.0 Å². The first-order valence-corrected chi connectivity index (χ1v) is 9.44. The largest absolute Gasteiger partial charge is 0.461 e. The van der Waals surface area contributed by atoms with E-state index in [1.165, 1.54) is 20.8 Å². The summed E-state index contributed by atoms with van der Waals surface area (Å²) in [6.07, 6.45) is -1.73. The van der Waals surface area contributed by atoms with E-state index in [0.717, 1.165) is 0 Å². The van der Waals surface area contributed by atoms with Gasteiger partial charge in [-0.15, -0.1) is 0 Å². The molecule has 4 aliphatic rings. The van der Waals surface area contributed by atoms with Crippen LogP contribution in [0.3, 0.4) is 0 Å². The third-order valence-electron chi connectivity index (χ3n) is 6.11. The van der Waals surface area contributed by atoms with Gasteiger partial charge in [-0.3, -0.25) is 9.59 Å². The Balaban J connectivity index is 1.82. The smallest absolute Gasteiger partial charge is 0.340 e. The topological polar surface area (TPSA) is 144 Å². The van der Waals surface area contributed by atoms with Gasteiger partial charge in [-0.25, -0.2) is 4.79 Å². The van der Waals surface area contributed by atoms with Gasteiger partial charge in [0.05, 0.1) is 16.7 Å². The lowest BCUT2D eigenvalue weighted by atomic mass is 9.80. The predicted octanol–water partition coefficient (Wildman–Crippen LogP) is -0.158. The zero-order valence-corrected chi connectivity index (χ0v) is 16.6. The van der Waals surface area contributed by atoms with Crippen LogP contribution in [0.15, 0.2) is 11.1 Å². The number of fused-ring (bicyclic) bond motifs is 1. The molecule has 29 heavy (non-hydrogen) atoms. The number of epoxide rings is 2. The summed E-state index contributed by atoms with van der Waals surface area (Å²) >= 11 is 0. The van der Waals surface area contributed by atoms with Crippen molar-refractivity contribution in [3.63, 3.8) is 0 Å². The molecule has 0 aromatic heterocycles. The highest BCUT2D eigenvalue weighted by atomic mass is 16.8. The van der Waals surface area contributed by atoms with Crippen molar-refractivity contribution in [2.24, 2.45) is 0 Å². The Morgan fingerprint density at radius 2 is 1.86 bits per heavy atom. The van der Waals surface area contributed by atoms with Crippen molar-refractivity contribution in [1.82, 2.24) is 0 Å². The van der Waals surface area contributed by atoms with E-state index in [4.69, 9.17) is 23.7 Å². The first-order valence-electron chi connectivity index (χ1n) is 9.44. The summed E-state index contributed by atoms with van der Waals surface area (Å²) in [4.78, 5) is 35.7. The molecule has 0 amide bonds. The van der Waals surface area contributed by atoms with Gasteiger partial charge in [-0.1, -0.05) is 0 Å². The Kier molecular flexibility index (Phi) is 4.20. The molecule has 3 heterocycles. The average molecular weight is 412 g/mol. The lowest BCUT2D eigenvalue weighted by Gasteiger charge is -2.28. The molecule has 2 saturated heterocycles. The van der Waals surface area contributed by atoms with Crippen molar-refractivity contribution in [3.05, 3.63) is 11.1 Å². The number of hydrogen-bond donors (Lipinski definition) is 2. The van der Waals surface area contributed by atoms with E-state index >= 15 is 0 Å². The molecule has 1 spiro atoms. The minimum atomic E-state index is -1.61. The van der Waals surface area contributed by atoms with Crippen LogP contribution in [0.4, 0.5) is 0 Å². The first-order chi connectivity index (χ1) is 13.3. The van der Waals surface area contributed by atoms with E-state index in [1.54, 1.807) is 6.92 Å². The maximum atomic E-state index is 12.6. The van der Waals surface area contributed by atoms with Gasteiger partial charge in [-0.05, 0) is 20.3 Å². The van der Waals surface area contributed by atoms with Crippen LogP contribution in [0, 0.1) is 0 Å². The van der Waals surface area contributed by atoms with Gasteiger partial charge in [-0.2, -0.15) is 0 Å². The van der Waals surface area contributed by atoms with Gasteiger partial charge in [0.25, 0.3) is 5.79 Å². The maximum absolute atomic E-state index is 12.6. The van der Waals surface area contributed by atoms with Crippen molar-refractivity contribution in [2.45, 2.75) is 81.9 Å². The molecule has 2 N–H and O–H groups in total. The summed E-state index contributed by atoms with van der Waals surface area (Å²) < 4.78 is 27.2. The minimum absolute atomic E-state index is 0.0156. The van der Waals surface area contributed by atoms with Gasteiger partial charge in [0.2, 0.25) is 0 Å². The standard InChI is InChI=1S/C19H24O10/c1-9(20)25-8-11-13-12(26-10(2)21)7-17(4)18(24,29-17)6-5-16(3,23)15-19(13,28-15)27-14(11)22/h12,15,23-24H,5-8H2,1-4H3/t12-,15+,16+,17+,18-,19+/m0/s1. The fourth-order valence-electron chi connectivity index (χ4n) is 4.44. The summed E-state index contributed by atoms with van der Waals surface area (Å²) in [5.41, 5.74) is -2.39. The fourth-order valence-corrected chi connectivity index (χ4v) is 4.44. The highest BCUT2D eigenvalue weighted by Crippen LogP contribution is 2.61. The molecule has 4 rings (SSSR count). The summed E-state index contributed by atoms with van der Waals surface area (Å²) in [6.45, 7) is 5.16. The first kappa shape index (κ1) is 20.3. The van der Waals surface area contributed by atoms with Gasteiger partial charge >= 0.3 is 17.9 Å². The lowest BCUT2D eigenvalue weighted by molar-refractivity contribution is -0.149. The van der Waals surface area contributed by atoms with Crippen LogP contribution >= 0.6 is 0 Å². The molecule has 1 saturated carbocycles. The highest BCUT2D eigenvalue weighted by molar-refractivity contribution is 5.94. The van der Waals surface area contributed by atoms with Crippen molar-refractivity contribution in [2.75, 3.05) is 6.61 Å². The Labute approximate surface area is 166 Å². The zero-order valence-electron chi connectivity index (χ0n) is 16.6. The number of esters is 3. The van der Waals surface area contributed by atoms with E-state index in [9.17, 15) is 24.6 Å². The van der Waals surface area contributed by atoms with Gasteiger partial charge in [0.1, 0.15) is 18.3 Å². The number of carbonyl (C=O) groups excluding carboxylic acids is 3. The molecule has 3 aliphatic heterocycles. The van der Waals surface area contributed by atoms with Crippen LogP contribution in [-0.4, -0.2) is 69.7 Å². The van der Waals surface area contributed by atoms with Gasteiger partial charge in [0.15, 0.2) is 11.9 Å².